The predicted molar refractivity (Wildman–Crippen MR) is 141 cm³/mol. The first-order chi connectivity index (χ1) is 17.1. The van der Waals surface area contributed by atoms with Crippen LogP contribution in [0.2, 0.25) is 0 Å². The van der Waals surface area contributed by atoms with E-state index in [2.05, 4.69) is 72.2 Å². The van der Waals surface area contributed by atoms with Crippen LogP contribution >= 0.6 is 0 Å². The summed E-state index contributed by atoms with van der Waals surface area (Å²) < 4.78 is 3.44. The number of carbonyl (C=O) groups is 1. The summed E-state index contributed by atoms with van der Waals surface area (Å²) in [4.78, 5) is 22.1. The molecule has 0 saturated carbocycles. The maximum Gasteiger partial charge on any atom is 0.256 e. The van der Waals surface area contributed by atoms with Crippen LogP contribution in [0.15, 0.2) is 61.1 Å². The molecule has 0 radical (unpaired) electrons. The van der Waals surface area contributed by atoms with E-state index in [1.165, 1.54) is 17.5 Å². The van der Waals surface area contributed by atoms with Gasteiger partial charge in [0.15, 0.2) is 11.5 Å². The molecule has 0 aliphatic heterocycles. The number of nitrogens with one attached hydrogen (secondary N) is 1. The lowest BCUT2D eigenvalue weighted by molar-refractivity contribution is 0.102. The van der Waals surface area contributed by atoms with E-state index < -0.39 is 0 Å². The van der Waals surface area contributed by atoms with Gasteiger partial charge in [-0.25, -0.2) is 14.6 Å². The number of hydrogen-bond donors (Lipinski definition) is 1. The van der Waals surface area contributed by atoms with Gasteiger partial charge < -0.3 is 5.32 Å². The molecule has 0 saturated heterocycles. The summed E-state index contributed by atoms with van der Waals surface area (Å²) in [6, 6.07) is 15.7. The fraction of sp³-hybridized carbons (Fsp3) is 0.250. The van der Waals surface area contributed by atoms with Gasteiger partial charge in [-0.3, -0.25) is 4.79 Å². The Bertz CT molecular complexity index is 1590. The molecular formula is C28H29N7O. The zero-order chi connectivity index (χ0) is 25.6. The molecule has 8 heteroatoms. The first-order valence-corrected chi connectivity index (χ1v) is 11.9. The molecule has 8 nitrogen and oxygen atoms in total. The Hall–Kier alpha value is -4.33. The Morgan fingerprint density at radius 1 is 0.917 bits per heavy atom. The van der Waals surface area contributed by atoms with Gasteiger partial charge in [0.25, 0.3) is 5.91 Å². The largest absolute Gasteiger partial charge is 0.306 e. The molecule has 0 fully saturated rings. The summed E-state index contributed by atoms with van der Waals surface area (Å²) >= 11 is 0. The smallest absolute Gasteiger partial charge is 0.256 e. The normalized spacial score (nSPS) is 11.7. The zero-order valence-electron chi connectivity index (χ0n) is 21.4. The topological polar surface area (TPSA) is 90.5 Å². The van der Waals surface area contributed by atoms with Gasteiger partial charge in [0.05, 0.1) is 23.0 Å². The highest BCUT2D eigenvalue weighted by molar-refractivity contribution is 6.04. The summed E-state index contributed by atoms with van der Waals surface area (Å²) in [5.74, 6) is 0.854. The van der Waals surface area contributed by atoms with E-state index in [1.54, 1.807) is 15.6 Å². The van der Waals surface area contributed by atoms with Crippen LogP contribution in [-0.2, 0) is 5.41 Å². The van der Waals surface area contributed by atoms with Gasteiger partial charge in [0.2, 0.25) is 0 Å². The second-order valence-electron chi connectivity index (χ2n) is 10.1. The van der Waals surface area contributed by atoms with Crippen LogP contribution in [-0.4, -0.2) is 35.4 Å². The minimum absolute atomic E-state index is 0.0185. The van der Waals surface area contributed by atoms with Crippen LogP contribution in [0, 0.1) is 20.8 Å². The average Bonchev–Trinajstić information content (AvgIpc) is 3.42. The van der Waals surface area contributed by atoms with Gasteiger partial charge in [0.1, 0.15) is 12.1 Å². The van der Waals surface area contributed by atoms with Crippen molar-refractivity contribution in [1.29, 1.82) is 0 Å². The minimum Gasteiger partial charge on any atom is -0.306 e. The van der Waals surface area contributed by atoms with Crippen molar-refractivity contribution in [3.63, 3.8) is 0 Å². The summed E-state index contributed by atoms with van der Waals surface area (Å²) in [6.07, 6.45) is 3.23. The third-order valence-corrected chi connectivity index (χ3v) is 6.21. The number of aryl methyl sites for hydroxylation is 3. The molecule has 0 spiro atoms. The molecule has 3 heterocycles. The van der Waals surface area contributed by atoms with Crippen LogP contribution in [0.1, 0.15) is 53.5 Å². The van der Waals surface area contributed by atoms with Gasteiger partial charge in [0, 0.05) is 11.6 Å². The molecule has 0 aliphatic rings. The Balaban J connectivity index is 1.51. The molecule has 0 atom stereocenters. The number of hydrogen-bond acceptors (Lipinski definition) is 5. The minimum atomic E-state index is -0.215. The number of rotatable bonds is 4. The monoisotopic (exact) mass is 479 g/mol. The molecule has 0 unspecified atom stereocenters. The van der Waals surface area contributed by atoms with Gasteiger partial charge in [-0.15, -0.1) is 0 Å². The lowest BCUT2D eigenvalue weighted by Gasteiger charge is -2.19. The number of benzene rings is 2. The fourth-order valence-electron chi connectivity index (χ4n) is 4.28. The van der Waals surface area contributed by atoms with Gasteiger partial charge >= 0.3 is 0 Å². The Morgan fingerprint density at radius 3 is 2.36 bits per heavy atom. The standard InChI is InChI=1S/C28H29N7O/c1-17-7-12-23(18(2)13-17)34-25-22(15-31-34)26(30-16-29-25)35-24(14-19(3)33-35)32-27(36)20-8-10-21(11-9-20)28(4,5)6/h7-16H,1-6H3,(H,32,36). The Kier molecular flexibility index (Phi) is 5.67. The Morgan fingerprint density at radius 2 is 1.67 bits per heavy atom. The second-order valence-corrected chi connectivity index (χ2v) is 10.1. The van der Waals surface area contributed by atoms with E-state index >= 15 is 0 Å². The van der Waals surface area contributed by atoms with Crippen molar-refractivity contribution in [1.82, 2.24) is 29.5 Å². The molecule has 182 valence electrons. The van der Waals surface area contributed by atoms with Crippen molar-refractivity contribution in [2.45, 2.75) is 47.0 Å². The predicted octanol–water partition coefficient (Wildman–Crippen LogP) is 5.48. The van der Waals surface area contributed by atoms with E-state index in [0.717, 1.165) is 22.3 Å². The third-order valence-electron chi connectivity index (χ3n) is 6.21. The van der Waals surface area contributed by atoms with E-state index in [0.29, 0.717) is 22.8 Å². The van der Waals surface area contributed by atoms with E-state index in [9.17, 15) is 4.79 Å². The van der Waals surface area contributed by atoms with Crippen molar-refractivity contribution < 1.29 is 4.79 Å². The van der Waals surface area contributed by atoms with E-state index in [-0.39, 0.29) is 11.3 Å². The number of carbonyl (C=O) groups excluding carboxylic acids is 1. The van der Waals surface area contributed by atoms with Crippen molar-refractivity contribution in [2.75, 3.05) is 5.32 Å². The van der Waals surface area contributed by atoms with Crippen molar-refractivity contribution in [3.05, 3.63) is 89.0 Å². The maximum absolute atomic E-state index is 13.1. The Labute approximate surface area is 210 Å². The van der Waals surface area contributed by atoms with Gasteiger partial charge in [-0.1, -0.05) is 50.6 Å². The summed E-state index contributed by atoms with van der Waals surface area (Å²) in [7, 11) is 0. The number of anilines is 1. The summed E-state index contributed by atoms with van der Waals surface area (Å²) in [5.41, 5.74) is 6.41. The second kappa shape index (κ2) is 8.71. The molecule has 1 amide bonds. The number of fused-ring (bicyclic) bond motifs is 1. The molecule has 2 aromatic carbocycles. The molecule has 1 N–H and O–H groups in total. The van der Waals surface area contributed by atoms with Crippen LogP contribution in [0.3, 0.4) is 0 Å². The van der Waals surface area contributed by atoms with Crippen molar-refractivity contribution in [3.8, 4) is 11.5 Å². The number of nitrogens with zero attached hydrogens (tertiary/aromatic N) is 6. The molecule has 5 aromatic rings. The average molecular weight is 480 g/mol. The summed E-state index contributed by atoms with van der Waals surface area (Å²) in [6.45, 7) is 12.4. The van der Waals surface area contributed by atoms with Crippen LogP contribution in [0.5, 0.6) is 0 Å². The SMILES string of the molecule is Cc1ccc(-n2ncc3c(-n4nc(C)cc4NC(=O)c4ccc(C(C)(C)C)cc4)ncnc32)c(C)c1. The zero-order valence-corrected chi connectivity index (χ0v) is 21.4. The number of amides is 1. The van der Waals surface area contributed by atoms with Gasteiger partial charge in [-0.2, -0.15) is 14.9 Å². The van der Waals surface area contributed by atoms with Gasteiger partial charge in [-0.05, 0) is 55.5 Å². The molecule has 0 aliphatic carbocycles. The first-order valence-electron chi connectivity index (χ1n) is 11.9. The van der Waals surface area contributed by atoms with Crippen LogP contribution in [0.4, 0.5) is 5.82 Å². The summed E-state index contributed by atoms with van der Waals surface area (Å²) in [5, 5.41) is 12.9. The molecule has 5 rings (SSSR count). The highest BCUT2D eigenvalue weighted by Crippen LogP contribution is 2.26. The fourth-order valence-corrected chi connectivity index (χ4v) is 4.28. The van der Waals surface area contributed by atoms with Crippen LogP contribution < -0.4 is 5.32 Å². The van der Waals surface area contributed by atoms with Crippen LogP contribution in [0.25, 0.3) is 22.5 Å². The highest BCUT2D eigenvalue weighted by Gasteiger charge is 2.19. The number of aromatic nitrogens is 6. The molecular weight excluding hydrogens is 450 g/mol. The maximum atomic E-state index is 13.1. The lowest BCUT2D eigenvalue weighted by Crippen LogP contribution is -2.17. The van der Waals surface area contributed by atoms with E-state index in [1.807, 2.05) is 43.3 Å². The van der Waals surface area contributed by atoms with Crippen molar-refractivity contribution in [2.24, 2.45) is 0 Å². The molecule has 0 bridgehead atoms. The molecule has 3 aromatic heterocycles. The first kappa shape index (κ1) is 23.4. The van der Waals surface area contributed by atoms with Crippen molar-refractivity contribution >= 4 is 22.8 Å². The molecule has 36 heavy (non-hydrogen) atoms. The highest BCUT2D eigenvalue weighted by atomic mass is 16.1. The lowest BCUT2D eigenvalue weighted by atomic mass is 9.87. The quantitative estimate of drug-likeness (QED) is 0.369. The van der Waals surface area contributed by atoms with E-state index in [4.69, 9.17) is 0 Å². The third kappa shape index (κ3) is 4.26.